The molecular weight excluding hydrogens is 402 g/mol. The quantitative estimate of drug-likeness (QED) is 0.536. The third-order valence-corrected chi connectivity index (χ3v) is 5.87. The second kappa shape index (κ2) is 7.64. The largest absolute Gasteiger partial charge is 0.383 e. The van der Waals surface area contributed by atoms with Crippen molar-refractivity contribution >= 4 is 28.7 Å². The Morgan fingerprint density at radius 1 is 1.03 bits per heavy atom. The van der Waals surface area contributed by atoms with Crippen LogP contribution in [0.5, 0.6) is 0 Å². The van der Waals surface area contributed by atoms with Crippen molar-refractivity contribution in [2.45, 2.75) is 20.4 Å². The first-order valence-electron chi connectivity index (χ1n) is 10.6. The maximum atomic E-state index is 13.0. The fraction of sp³-hybridized carbons (Fsp3) is 0.250. The summed E-state index contributed by atoms with van der Waals surface area (Å²) < 4.78 is 1.92. The number of pyridine rings is 1. The molecule has 162 valence electrons. The van der Waals surface area contributed by atoms with Crippen molar-refractivity contribution in [1.82, 2.24) is 24.4 Å². The van der Waals surface area contributed by atoms with Gasteiger partial charge in [-0.25, -0.2) is 19.7 Å². The SMILES string of the molecule is Cc1cc(C)cc(CN2CCN(c3ccc(-c4cn(C)c5ncnc(N)c45)cn3)C2=O)c1. The van der Waals surface area contributed by atoms with E-state index in [1.54, 1.807) is 11.1 Å². The number of amides is 2. The second-order valence-corrected chi connectivity index (χ2v) is 8.37. The molecule has 1 aliphatic heterocycles. The lowest BCUT2D eigenvalue weighted by atomic mass is 10.1. The molecule has 1 saturated heterocycles. The third-order valence-electron chi connectivity index (χ3n) is 5.87. The number of hydrogen-bond donors (Lipinski definition) is 1. The summed E-state index contributed by atoms with van der Waals surface area (Å²) in [6.07, 6.45) is 5.21. The number of nitrogen functional groups attached to an aromatic ring is 1. The number of nitrogens with two attached hydrogens (primary N) is 1. The Morgan fingerprint density at radius 2 is 1.81 bits per heavy atom. The summed E-state index contributed by atoms with van der Waals surface area (Å²) in [5.74, 6) is 1.08. The van der Waals surface area contributed by atoms with Gasteiger partial charge in [0.25, 0.3) is 0 Å². The van der Waals surface area contributed by atoms with E-state index in [4.69, 9.17) is 5.73 Å². The topological polar surface area (TPSA) is 93.2 Å². The molecule has 4 aromatic rings. The van der Waals surface area contributed by atoms with Gasteiger partial charge in [-0.1, -0.05) is 29.3 Å². The summed E-state index contributed by atoms with van der Waals surface area (Å²) in [6.45, 7) is 6.05. The highest BCUT2D eigenvalue weighted by Gasteiger charge is 2.30. The molecule has 0 unspecified atom stereocenters. The van der Waals surface area contributed by atoms with Crippen LogP contribution in [0.1, 0.15) is 16.7 Å². The molecule has 1 aromatic carbocycles. The van der Waals surface area contributed by atoms with Crippen LogP contribution in [-0.4, -0.2) is 43.5 Å². The number of nitrogens with zero attached hydrogens (tertiary/aromatic N) is 6. The van der Waals surface area contributed by atoms with Crippen molar-refractivity contribution in [1.29, 1.82) is 0 Å². The smallest absolute Gasteiger partial charge is 0.326 e. The van der Waals surface area contributed by atoms with Crippen LogP contribution >= 0.6 is 0 Å². The van der Waals surface area contributed by atoms with Gasteiger partial charge in [0.05, 0.1) is 5.39 Å². The molecule has 2 amide bonds. The van der Waals surface area contributed by atoms with Crippen molar-refractivity contribution in [2.75, 3.05) is 23.7 Å². The van der Waals surface area contributed by atoms with Gasteiger partial charge in [0.2, 0.25) is 0 Å². The maximum Gasteiger partial charge on any atom is 0.326 e. The summed E-state index contributed by atoms with van der Waals surface area (Å²) in [7, 11) is 1.92. The molecule has 8 heteroatoms. The molecule has 4 heterocycles. The number of carbonyl (C=O) groups excluding carboxylic acids is 1. The van der Waals surface area contributed by atoms with Crippen LogP contribution in [0.3, 0.4) is 0 Å². The van der Waals surface area contributed by atoms with E-state index >= 15 is 0 Å². The minimum atomic E-state index is -0.0211. The second-order valence-electron chi connectivity index (χ2n) is 8.37. The van der Waals surface area contributed by atoms with Gasteiger partial charge in [-0.05, 0) is 31.5 Å². The van der Waals surface area contributed by atoms with E-state index in [1.807, 2.05) is 34.8 Å². The third kappa shape index (κ3) is 3.43. The van der Waals surface area contributed by atoms with Crippen molar-refractivity contribution < 1.29 is 4.79 Å². The Labute approximate surface area is 186 Å². The van der Waals surface area contributed by atoms with Gasteiger partial charge in [0, 0.05) is 50.2 Å². The standard InChI is InChI=1S/C24H25N7O/c1-15-8-16(2)10-17(9-15)12-30-6-7-31(24(30)32)20-5-4-18(11-26-20)19-13-29(3)23-21(19)22(25)27-14-28-23/h4-5,8-11,13-14H,6-7,12H2,1-3H3,(H2,25,27,28). The first-order valence-corrected chi connectivity index (χ1v) is 10.6. The molecular formula is C24H25N7O. The lowest BCUT2D eigenvalue weighted by molar-refractivity contribution is 0.218. The van der Waals surface area contributed by atoms with Gasteiger partial charge in [-0.15, -0.1) is 0 Å². The lowest BCUT2D eigenvalue weighted by Crippen LogP contribution is -2.31. The Bertz CT molecular complexity index is 1310. The minimum absolute atomic E-state index is 0.0211. The number of rotatable bonds is 4. The average molecular weight is 428 g/mol. The molecule has 32 heavy (non-hydrogen) atoms. The summed E-state index contributed by atoms with van der Waals surface area (Å²) in [6, 6.07) is 10.2. The predicted octanol–water partition coefficient (Wildman–Crippen LogP) is 3.67. The first-order chi connectivity index (χ1) is 15.4. The number of carbonyl (C=O) groups is 1. The van der Waals surface area contributed by atoms with Crippen LogP contribution in [0.15, 0.2) is 49.1 Å². The van der Waals surface area contributed by atoms with Gasteiger partial charge < -0.3 is 15.2 Å². The molecule has 0 saturated carbocycles. The van der Waals surface area contributed by atoms with Crippen molar-refractivity contribution in [3.63, 3.8) is 0 Å². The highest BCUT2D eigenvalue weighted by molar-refractivity contribution is 6.00. The highest BCUT2D eigenvalue weighted by Crippen LogP contribution is 2.32. The molecule has 2 N–H and O–H groups in total. The molecule has 8 nitrogen and oxygen atoms in total. The summed E-state index contributed by atoms with van der Waals surface area (Å²) >= 11 is 0. The monoisotopic (exact) mass is 427 g/mol. The van der Waals surface area contributed by atoms with E-state index in [2.05, 4.69) is 47.0 Å². The first kappa shape index (κ1) is 20.0. The molecule has 0 radical (unpaired) electrons. The Morgan fingerprint density at radius 3 is 2.53 bits per heavy atom. The van der Waals surface area contributed by atoms with Crippen LogP contribution < -0.4 is 10.6 Å². The van der Waals surface area contributed by atoms with E-state index in [0.29, 0.717) is 31.3 Å². The predicted molar refractivity (Wildman–Crippen MR) is 125 cm³/mol. The fourth-order valence-electron chi connectivity index (χ4n) is 4.48. The summed E-state index contributed by atoms with van der Waals surface area (Å²) in [5.41, 5.74) is 12.3. The van der Waals surface area contributed by atoms with Crippen molar-refractivity contribution in [3.05, 3.63) is 65.7 Å². The molecule has 0 bridgehead atoms. The number of aromatic nitrogens is 4. The van der Waals surface area contributed by atoms with Gasteiger partial charge >= 0.3 is 6.03 Å². The molecule has 0 spiro atoms. The molecule has 1 fully saturated rings. The van der Waals surface area contributed by atoms with E-state index in [9.17, 15) is 4.79 Å². The van der Waals surface area contributed by atoms with Crippen LogP contribution in [0.4, 0.5) is 16.4 Å². The summed E-state index contributed by atoms with van der Waals surface area (Å²) in [5, 5.41) is 0.807. The van der Waals surface area contributed by atoms with E-state index in [-0.39, 0.29) is 6.03 Å². The van der Waals surface area contributed by atoms with Gasteiger partial charge in [-0.2, -0.15) is 0 Å². The van der Waals surface area contributed by atoms with Crippen LogP contribution in [0.2, 0.25) is 0 Å². The fourth-order valence-corrected chi connectivity index (χ4v) is 4.48. The van der Waals surface area contributed by atoms with Gasteiger partial charge in [-0.3, -0.25) is 4.90 Å². The molecule has 0 atom stereocenters. The van der Waals surface area contributed by atoms with E-state index < -0.39 is 0 Å². The van der Waals surface area contributed by atoms with Crippen LogP contribution in [-0.2, 0) is 13.6 Å². The number of aryl methyl sites for hydroxylation is 3. The van der Waals surface area contributed by atoms with E-state index in [0.717, 1.165) is 27.7 Å². The van der Waals surface area contributed by atoms with Crippen molar-refractivity contribution in [3.8, 4) is 11.1 Å². The molecule has 1 aliphatic rings. The number of hydrogen-bond acceptors (Lipinski definition) is 5. The Balaban J connectivity index is 1.38. The number of fused-ring (bicyclic) bond motifs is 1. The summed E-state index contributed by atoms with van der Waals surface area (Å²) in [4.78, 5) is 29.7. The highest BCUT2D eigenvalue weighted by atomic mass is 16.2. The minimum Gasteiger partial charge on any atom is -0.383 e. The van der Waals surface area contributed by atoms with Crippen molar-refractivity contribution in [2.24, 2.45) is 7.05 Å². The van der Waals surface area contributed by atoms with Gasteiger partial charge in [0.15, 0.2) is 0 Å². The molecule has 3 aromatic heterocycles. The number of urea groups is 1. The zero-order valence-corrected chi connectivity index (χ0v) is 18.4. The Kier molecular flexibility index (Phi) is 4.77. The van der Waals surface area contributed by atoms with Gasteiger partial charge in [0.1, 0.15) is 23.6 Å². The molecule has 0 aliphatic carbocycles. The van der Waals surface area contributed by atoms with Crippen LogP contribution in [0, 0.1) is 13.8 Å². The van der Waals surface area contributed by atoms with Crippen LogP contribution in [0.25, 0.3) is 22.2 Å². The zero-order chi connectivity index (χ0) is 22.4. The Hall–Kier alpha value is -3.94. The average Bonchev–Trinajstić information content (AvgIpc) is 3.29. The maximum absolute atomic E-state index is 13.0. The normalized spacial score (nSPS) is 14.0. The lowest BCUT2D eigenvalue weighted by Gasteiger charge is -2.19. The number of anilines is 2. The zero-order valence-electron chi connectivity index (χ0n) is 18.4. The molecule has 5 rings (SSSR count). The number of benzene rings is 1. The van der Waals surface area contributed by atoms with E-state index in [1.165, 1.54) is 17.5 Å².